The number of rotatable bonds is 3. The van der Waals surface area contributed by atoms with Crippen LogP contribution in [-0.4, -0.2) is 22.9 Å². The molecule has 0 spiro atoms. The SMILES string of the molecule is O=C(O)C[C@@H]1CC(c2ccc(F)cc2)=NO1. The third-order valence-electron chi connectivity index (χ3n) is 2.31. The molecule has 1 N–H and O–H groups in total. The minimum atomic E-state index is -0.916. The summed E-state index contributed by atoms with van der Waals surface area (Å²) < 4.78 is 12.7. The quantitative estimate of drug-likeness (QED) is 0.849. The highest BCUT2D eigenvalue weighted by molar-refractivity contribution is 6.01. The van der Waals surface area contributed by atoms with Crippen LogP contribution >= 0.6 is 0 Å². The van der Waals surface area contributed by atoms with E-state index < -0.39 is 12.1 Å². The first-order valence-corrected chi connectivity index (χ1v) is 4.85. The highest BCUT2D eigenvalue weighted by Crippen LogP contribution is 2.19. The van der Waals surface area contributed by atoms with E-state index in [1.54, 1.807) is 12.1 Å². The van der Waals surface area contributed by atoms with Gasteiger partial charge in [-0.05, 0) is 17.7 Å². The second kappa shape index (κ2) is 4.30. The summed E-state index contributed by atoms with van der Waals surface area (Å²) in [7, 11) is 0. The summed E-state index contributed by atoms with van der Waals surface area (Å²) in [5, 5.41) is 12.4. The third-order valence-corrected chi connectivity index (χ3v) is 2.31. The van der Waals surface area contributed by atoms with Crippen LogP contribution in [0.3, 0.4) is 0 Å². The molecule has 1 atom stereocenters. The Morgan fingerprint density at radius 3 is 2.81 bits per heavy atom. The first-order chi connectivity index (χ1) is 7.65. The summed E-state index contributed by atoms with van der Waals surface area (Å²) in [4.78, 5) is 15.4. The van der Waals surface area contributed by atoms with Crippen molar-refractivity contribution < 1.29 is 19.1 Å². The van der Waals surface area contributed by atoms with Crippen LogP contribution in [0, 0.1) is 5.82 Å². The van der Waals surface area contributed by atoms with Crippen LogP contribution in [0.1, 0.15) is 18.4 Å². The van der Waals surface area contributed by atoms with Gasteiger partial charge in [-0.3, -0.25) is 4.79 Å². The topological polar surface area (TPSA) is 58.9 Å². The van der Waals surface area contributed by atoms with Crippen molar-refractivity contribution in [2.45, 2.75) is 18.9 Å². The van der Waals surface area contributed by atoms with Crippen molar-refractivity contribution in [1.29, 1.82) is 0 Å². The molecule has 0 aliphatic carbocycles. The maximum Gasteiger partial charge on any atom is 0.307 e. The molecule has 0 fully saturated rings. The Hall–Kier alpha value is -1.91. The Bertz CT molecular complexity index is 427. The first-order valence-electron chi connectivity index (χ1n) is 4.85. The van der Waals surface area contributed by atoms with E-state index in [-0.39, 0.29) is 12.2 Å². The molecule has 0 saturated carbocycles. The Morgan fingerprint density at radius 1 is 1.50 bits per heavy atom. The van der Waals surface area contributed by atoms with Crippen LogP contribution in [0.15, 0.2) is 29.4 Å². The predicted octanol–water partition coefficient (Wildman–Crippen LogP) is 1.79. The lowest BCUT2D eigenvalue weighted by Crippen LogP contribution is -2.13. The number of aliphatic carboxylic acids is 1. The van der Waals surface area contributed by atoms with Gasteiger partial charge < -0.3 is 9.94 Å². The average molecular weight is 223 g/mol. The third kappa shape index (κ3) is 2.36. The standard InChI is InChI=1S/C11H10FNO3/c12-8-3-1-7(2-4-8)10-5-9(16-13-10)6-11(14)15/h1-4,9H,5-6H2,(H,14,15)/t9-/m0/s1. The lowest BCUT2D eigenvalue weighted by Gasteiger charge is -2.03. The van der Waals surface area contributed by atoms with Crippen LogP contribution in [-0.2, 0) is 9.63 Å². The van der Waals surface area contributed by atoms with Gasteiger partial charge in [0, 0.05) is 6.42 Å². The summed E-state index contributed by atoms with van der Waals surface area (Å²) in [6, 6.07) is 5.87. The molecular weight excluding hydrogens is 213 g/mol. The van der Waals surface area contributed by atoms with E-state index in [1.807, 2.05) is 0 Å². The number of carboxylic acids is 1. The summed E-state index contributed by atoms with van der Waals surface area (Å²) in [6.45, 7) is 0. The molecule has 2 rings (SSSR count). The van der Waals surface area contributed by atoms with E-state index in [9.17, 15) is 9.18 Å². The smallest absolute Gasteiger partial charge is 0.307 e. The number of nitrogens with zero attached hydrogens (tertiary/aromatic N) is 1. The number of benzene rings is 1. The average Bonchev–Trinajstić information content (AvgIpc) is 2.66. The molecule has 0 radical (unpaired) electrons. The molecule has 1 aromatic rings. The molecule has 0 bridgehead atoms. The van der Waals surface area contributed by atoms with Crippen LogP contribution in [0.5, 0.6) is 0 Å². The molecular formula is C11H10FNO3. The number of hydrogen-bond donors (Lipinski definition) is 1. The van der Waals surface area contributed by atoms with Gasteiger partial charge in [-0.1, -0.05) is 17.3 Å². The van der Waals surface area contributed by atoms with Crippen molar-refractivity contribution in [2.75, 3.05) is 0 Å². The minimum absolute atomic E-state index is 0.0752. The van der Waals surface area contributed by atoms with E-state index in [2.05, 4.69) is 5.16 Å². The van der Waals surface area contributed by atoms with Gasteiger partial charge in [0.15, 0.2) is 0 Å². The summed E-state index contributed by atoms with van der Waals surface area (Å²) in [5.74, 6) is -1.23. The molecule has 1 heterocycles. The van der Waals surface area contributed by atoms with E-state index in [1.165, 1.54) is 12.1 Å². The van der Waals surface area contributed by atoms with Crippen molar-refractivity contribution in [3.63, 3.8) is 0 Å². The second-order valence-corrected chi connectivity index (χ2v) is 3.57. The largest absolute Gasteiger partial charge is 0.481 e. The van der Waals surface area contributed by atoms with Crippen LogP contribution in [0.4, 0.5) is 4.39 Å². The van der Waals surface area contributed by atoms with Gasteiger partial charge in [-0.25, -0.2) is 4.39 Å². The molecule has 1 aromatic carbocycles. The van der Waals surface area contributed by atoms with Gasteiger partial charge in [0.2, 0.25) is 0 Å². The van der Waals surface area contributed by atoms with Gasteiger partial charge in [0.05, 0.1) is 12.1 Å². The van der Waals surface area contributed by atoms with Crippen LogP contribution in [0.25, 0.3) is 0 Å². The zero-order valence-electron chi connectivity index (χ0n) is 8.39. The molecule has 84 valence electrons. The Kier molecular flexibility index (Phi) is 2.85. The van der Waals surface area contributed by atoms with Crippen molar-refractivity contribution in [2.24, 2.45) is 5.16 Å². The summed E-state index contributed by atoms with van der Waals surface area (Å²) in [6.07, 6.45) is -0.0517. The lowest BCUT2D eigenvalue weighted by atomic mass is 10.0. The first kappa shape index (κ1) is 10.6. The monoisotopic (exact) mass is 223 g/mol. The fourth-order valence-electron chi connectivity index (χ4n) is 1.55. The molecule has 16 heavy (non-hydrogen) atoms. The maximum absolute atomic E-state index is 12.7. The Balaban J connectivity index is 2.03. The summed E-state index contributed by atoms with van der Waals surface area (Å²) in [5.41, 5.74) is 1.42. The number of carbonyl (C=O) groups is 1. The van der Waals surface area contributed by atoms with Gasteiger partial charge in [0.1, 0.15) is 11.9 Å². The van der Waals surface area contributed by atoms with Crippen molar-refractivity contribution in [3.8, 4) is 0 Å². The fraction of sp³-hybridized carbons (Fsp3) is 0.273. The zero-order chi connectivity index (χ0) is 11.5. The van der Waals surface area contributed by atoms with Crippen molar-refractivity contribution in [3.05, 3.63) is 35.6 Å². The number of halogens is 1. The van der Waals surface area contributed by atoms with Crippen LogP contribution < -0.4 is 0 Å². The van der Waals surface area contributed by atoms with Crippen molar-refractivity contribution >= 4 is 11.7 Å². The lowest BCUT2D eigenvalue weighted by molar-refractivity contribution is -0.139. The number of oxime groups is 1. The molecule has 0 aromatic heterocycles. The minimum Gasteiger partial charge on any atom is -0.481 e. The van der Waals surface area contributed by atoms with Crippen molar-refractivity contribution in [1.82, 2.24) is 0 Å². The van der Waals surface area contributed by atoms with E-state index >= 15 is 0 Å². The Labute approximate surface area is 91.3 Å². The summed E-state index contributed by atoms with van der Waals surface area (Å²) >= 11 is 0. The van der Waals surface area contributed by atoms with Gasteiger partial charge in [-0.15, -0.1) is 0 Å². The van der Waals surface area contributed by atoms with Gasteiger partial charge >= 0.3 is 5.97 Å². The number of hydrogen-bond acceptors (Lipinski definition) is 3. The van der Waals surface area contributed by atoms with Gasteiger partial charge in [0.25, 0.3) is 0 Å². The fourth-order valence-corrected chi connectivity index (χ4v) is 1.55. The molecule has 4 nitrogen and oxygen atoms in total. The second-order valence-electron chi connectivity index (χ2n) is 3.57. The molecule has 0 saturated heterocycles. The molecule has 1 aliphatic rings. The van der Waals surface area contributed by atoms with E-state index in [4.69, 9.17) is 9.94 Å². The number of carboxylic acid groups (broad SMARTS) is 1. The predicted molar refractivity (Wildman–Crippen MR) is 54.7 cm³/mol. The molecule has 0 amide bonds. The van der Waals surface area contributed by atoms with Gasteiger partial charge in [-0.2, -0.15) is 0 Å². The maximum atomic E-state index is 12.7. The molecule has 5 heteroatoms. The highest BCUT2D eigenvalue weighted by atomic mass is 19.1. The molecule has 0 unspecified atom stereocenters. The normalized spacial score (nSPS) is 19.1. The highest BCUT2D eigenvalue weighted by Gasteiger charge is 2.24. The van der Waals surface area contributed by atoms with E-state index in [0.29, 0.717) is 12.1 Å². The Morgan fingerprint density at radius 2 is 2.19 bits per heavy atom. The molecule has 1 aliphatic heterocycles. The van der Waals surface area contributed by atoms with Crippen LogP contribution in [0.2, 0.25) is 0 Å². The zero-order valence-corrected chi connectivity index (χ0v) is 8.39. The van der Waals surface area contributed by atoms with E-state index in [0.717, 1.165) is 5.56 Å².